The van der Waals surface area contributed by atoms with E-state index in [1.165, 1.54) is 0 Å². The van der Waals surface area contributed by atoms with Crippen LogP contribution in [0.2, 0.25) is 0 Å². The van der Waals surface area contributed by atoms with Crippen LogP contribution in [0.5, 0.6) is 0 Å². The Balaban J connectivity index is 1.73. The van der Waals surface area contributed by atoms with Crippen LogP contribution in [-0.2, 0) is 79.7 Å². The first kappa shape index (κ1) is 136. The van der Waals surface area contributed by atoms with E-state index in [0.717, 1.165) is 148 Å². The Hall–Kier alpha value is 8.98. The highest BCUT2D eigenvalue weighted by molar-refractivity contribution is 9.47. The largest absolute Gasteiger partial charge is 0.518 e. The molecular formula is C102H204O18S24Si6. The molecule has 888 valence electrons. The third-order valence-electron chi connectivity index (χ3n) is 41.5. The van der Waals surface area contributed by atoms with E-state index in [2.05, 4.69) is 166 Å². The van der Waals surface area contributed by atoms with Gasteiger partial charge in [-0.05, 0) is 457 Å². The average Bonchev–Trinajstić information content (AvgIpc) is 1.11. The van der Waals surface area contributed by atoms with E-state index >= 15 is 0 Å². The maximum atomic E-state index is 9.00. The molecule has 150 heavy (non-hydrogen) atoms. The van der Waals surface area contributed by atoms with E-state index in [1.807, 2.05) is 0 Å². The van der Waals surface area contributed by atoms with Gasteiger partial charge in [0.25, 0.3) is 0 Å². The summed E-state index contributed by atoms with van der Waals surface area (Å²) in [5, 5.41) is 0. The van der Waals surface area contributed by atoms with Gasteiger partial charge in [-0.25, -0.2) is 0 Å². The molecule has 48 heteroatoms. The molecule has 0 spiro atoms. The topological polar surface area (TPSA) is 166 Å². The smallest absolute Gasteiger partial charge is 0.373 e. The summed E-state index contributed by atoms with van der Waals surface area (Å²) < 4.78 is 146. The van der Waals surface area contributed by atoms with Crippen LogP contribution in [0, 0.1) is 68.0 Å². The second kappa shape index (κ2) is 53.4. The van der Waals surface area contributed by atoms with Gasteiger partial charge in [-0.2, -0.15) is 0 Å². The number of rotatable bonds is 66. The van der Waals surface area contributed by atoms with Crippen LogP contribution in [0.4, 0.5) is 0 Å². The Morgan fingerprint density at radius 3 is 0.427 bits per heavy atom. The normalized spacial score (nSPS) is 40.4. The van der Waals surface area contributed by atoms with Crippen molar-refractivity contribution in [2.45, 2.75) is 455 Å². The van der Waals surface area contributed by atoms with Gasteiger partial charge in [0, 0.05) is 119 Å². The van der Waals surface area contributed by atoms with Gasteiger partial charge in [-0.1, -0.05) is 86.5 Å². The van der Waals surface area contributed by atoms with Gasteiger partial charge in [-0.3, -0.25) is 0 Å². The molecule has 0 aromatic heterocycles. The fourth-order valence-corrected chi connectivity index (χ4v) is 187. The zero-order valence-electron chi connectivity index (χ0n) is 95.9. The van der Waals surface area contributed by atoms with Gasteiger partial charge in [0.1, 0.15) is 4.08 Å². The molecule has 24 atom stereocenters. The first-order chi connectivity index (χ1) is 71.7. The van der Waals surface area contributed by atoms with Crippen molar-refractivity contribution in [1.29, 1.82) is 0 Å². The lowest BCUT2D eigenvalue weighted by Crippen LogP contribution is -2.88. The summed E-state index contributed by atoms with van der Waals surface area (Å²) in [6, 6.07) is 0. The van der Waals surface area contributed by atoms with E-state index in [4.69, 9.17) is 220 Å². The molecule has 13 rings (SSSR count). The Morgan fingerprint density at radius 1 is 0.187 bits per heavy atom. The molecule has 0 aromatic rings. The summed E-state index contributed by atoms with van der Waals surface area (Å²) in [5.74, 6) is 0.391. The molecule has 12 bridgehead atoms. The third-order valence-corrected chi connectivity index (χ3v) is 156. The van der Waals surface area contributed by atoms with Crippen molar-refractivity contribution in [3.8, 4) is 0 Å². The van der Waals surface area contributed by atoms with Crippen molar-refractivity contribution in [3.63, 3.8) is 0 Å². The summed E-state index contributed by atoms with van der Waals surface area (Å²) in [6.45, 7) is 59.7. The SMILES string of the molecule is CCO[Si](OCC)(OCC)C1(S(S)(SS)C2(S(S)(SS)C3([Si](OCC)(OCC)OCC)CC4CCC3(CC)C4)CCCCCCCCCC(S(S)(SS)C3([Si](OCC)(OCC)OCC)CC4CCC3(CC)C4)(S(S)(SS)C3([Si](OCC)(OCC)OCC)CC4CCC3(CC)C4)C2(S(S)(SS)C2([Si](OCC)(OCC)OCC)CC3CCC2(CC)C3)S(S)(SS)C2([Si](OCC)(OCC)OCC)CC3CCC2(CC)C3)CC2CCC1(CC)C2. The molecule has 0 aromatic carbocycles. The van der Waals surface area contributed by atoms with Crippen molar-refractivity contribution < 1.29 is 79.7 Å². The average molecular weight is 2660 g/mol. The minimum atomic E-state index is -5.02. The maximum Gasteiger partial charge on any atom is 0.518 e. The predicted octanol–water partition coefficient (Wildman–Crippen LogP) is 36.0. The molecule has 0 amide bonds. The van der Waals surface area contributed by atoms with E-state index in [-0.39, 0.29) is 154 Å². The van der Waals surface area contributed by atoms with Gasteiger partial charge in [0.15, 0.2) is 0 Å². The van der Waals surface area contributed by atoms with Crippen LogP contribution in [0.15, 0.2) is 0 Å². The van der Waals surface area contributed by atoms with Crippen molar-refractivity contribution in [2.24, 2.45) is 68.0 Å². The Kier molecular flexibility index (Phi) is 48.3. The molecular weight excluding hydrogens is 2450 g/mol. The highest BCUT2D eigenvalue weighted by atomic mass is 33.8. The van der Waals surface area contributed by atoms with Crippen LogP contribution in [-0.4, -0.2) is 210 Å². The summed E-state index contributed by atoms with van der Waals surface area (Å²) >= 11 is 95.8. The van der Waals surface area contributed by atoms with Crippen molar-refractivity contribution in [3.05, 3.63) is 0 Å². The summed E-state index contributed by atoms with van der Waals surface area (Å²) in [6.07, 6.45) is 29.5. The fourth-order valence-electron chi connectivity index (χ4n) is 37.6. The Bertz CT molecular complexity index is 3850. The fraction of sp³-hybridized carbons (Fsp3) is 1.00. The molecule has 0 radical (unpaired) electrons. The standard InChI is InChI=1S/C102H204O18S24Si6/c1-25-88-64-56-82(70-88)76-96(88,145(103-31-7,104-32-8)105-33-9)139(127,133-121)94(140(128,134-122)97(77-83-57-65-89(97,26-2)71-83)146(106-34-10,107-35-11)108-36-12)62-54-52-50-49-51-53-55-63-95(141(129,135-123)98(78-84-58-66-90(98,27-3)72-84)147(109-37-13,110-38-14)111-39-15,142(130,136-124)99(79-85-59-67-91(99,28-4)73-85)148(112-40-16,113-41-17)114-42-18)102(94,143(131,137-125)100(80-86-60-68-92(100,29-5)74-86)149(115-43-19,116-44-20)117-45-21)144(132,138-126)101(81-87-61-69-93(101,30-6)75-87)150(118-46-22,119-47-23)120-48-24/h82-87,121-132H,25-81H2,1-24H3. The second-order valence-corrected chi connectivity index (χ2v) is 115. The molecule has 0 N–H and O–H groups in total. The van der Waals surface area contributed by atoms with Crippen LogP contribution < -0.4 is 0 Å². The van der Waals surface area contributed by atoms with Crippen LogP contribution in [0.25, 0.3) is 0 Å². The van der Waals surface area contributed by atoms with Gasteiger partial charge in [0.05, 0.1) is 34.4 Å². The van der Waals surface area contributed by atoms with Crippen molar-refractivity contribution >= 4 is 300 Å². The monoisotopic (exact) mass is 2650 g/mol. The highest BCUT2D eigenvalue weighted by Gasteiger charge is 3.06. The van der Waals surface area contributed by atoms with Crippen LogP contribution in [0.1, 0.15) is 417 Å². The molecule has 18 nitrogen and oxygen atoms in total. The highest BCUT2D eigenvalue weighted by Crippen LogP contribution is 3.22. The molecule has 13 aliphatic rings. The lowest BCUT2D eigenvalue weighted by atomic mass is 9.80. The zero-order chi connectivity index (χ0) is 110. The summed E-state index contributed by atoms with van der Waals surface area (Å²) in [5.41, 5.74) is -4.68. The molecule has 0 heterocycles. The lowest BCUT2D eigenvalue weighted by Gasteiger charge is -2.92. The van der Waals surface area contributed by atoms with Gasteiger partial charge >= 0.3 is 52.8 Å². The van der Waals surface area contributed by atoms with Gasteiger partial charge in [-0.15, -0.1) is 188 Å². The maximum absolute atomic E-state index is 9.00. The van der Waals surface area contributed by atoms with E-state index < -0.39 is 172 Å². The van der Waals surface area contributed by atoms with E-state index in [9.17, 15) is 0 Å². The summed E-state index contributed by atoms with van der Waals surface area (Å²) in [7, 11) is -43.9. The minimum Gasteiger partial charge on any atom is -0.373 e. The van der Waals surface area contributed by atoms with Gasteiger partial charge < -0.3 is 79.7 Å². The Morgan fingerprint density at radius 2 is 0.313 bits per heavy atom. The van der Waals surface area contributed by atoms with Crippen LogP contribution >= 0.6 is 247 Å². The molecule has 13 aliphatic carbocycles. The Labute approximate surface area is 1010 Å². The first-order valence-corrected chi connectivity index (χ1v) is 99.3. The zero-order valence-corrected chi connectivity index (χ0v) is 122. The molecule has 13 saturated carbocycles. The van der Waals surface area contributed by atoms with Gasteiger partial charge in [0.2, 0.25) is 0 Å². The quantitative estimate of drug-likeness (QED) is 0.0158. The van der Waals surface area contributed by atoms with E-state index in [0.29, 0.717) is 103 Å². The number of thiol groups is 12. The molecule has 0 saturated heterocycles. The lowest BCUT2D eigenvalue weighted by molar-refractivity contribution is 0.0315. The third kappa shape index (κ3) is 18.0. The predicted molar refractivity (Wildman–Crippen MR) is 717 cm³/mol. The van der Waals surface area contributed by atoms with Crippen molar-refractivity contribution in [2.75, 3.05) is 119 Å². The minimum absolute atomic E-state index is 0.0335. The molecule has 13 fully saturated rings. The van der Waals surface area contributed by atoms with E-state index in [1.54, 1.807) is 59.0 Å². The summed E-state index contributed by atoms with van der Waals surface area (Å²) in [4.78, 5) is 0. The number of fused-ring (bicyclic) bond motifs is 12. The first-order valence-electron chi connectivity index (χ1n) is 58.5. The van der Waals surface area contributed by atoms with Crippen molar-refractivity contribution in [1.82, 2.24) is 0 Å². The second-order valence-electron chi connectivity index (χ2n) is 45.5. The number of hydrogen-bond donors (Lipinski definition) is 12. The molecule has 0 aliphatic heterocycles. The number of hydrogen-bond acceptors (Lipinski definition) is 36. The molecule has 24 unspecified atom stereocenters. The van der Waals surface area contributed by atoms with Crippen LogP contribution in [0.3, 0.4) is 0 Å².